The summed E-state index contributed by atoms with van der Waals surface area (Å²) in [5.74, 6) is 2.96. The number of aryl methyl sites for hydroxylation is 2. The van der Waals surface area contributed by atoms with Gasteiger partial charge in [-0.25, -0.2) is 4.98 Å². The average molecular weight is 485 g/mol. The van der Waals surface area contributed by atoms with Gasteiger partial charge >= 0.3 is 0 Å². The summed E-state index contributed by atoms with van der Waals surface area (Å²) >= 11 is 0. The van der Waals surface area contributed by atoms with E-state index in [0.29, 0.717) is 34.7 Å². The molecule has 1 saturated heterocycles. The van der Waals surface area contributed by atoms with Crippen molar-refractivity contribution in [1.29, 1.82) is 0 Å². The number of nitrogens with zero attached hydrogens (tertiary/aromatic N) is 6. The zero-order valence-corrected chi connectivity index (χ0v) is 20.4. The minimum atomic E-state index is 0.345. The Balaban J connectivity index is 1.53. The lowest BCUT2D eigenvalue weighted by atomic mass is 10.1. The molecule has 5 aromatic rings. The average Bonchev–Trinajstić information content (AvgIpc) is 3.63. The summed E-state index contributed by atoms with van der Waals surface area (Å²) in [7, 11) is 3.87. The number of likely N-dealkylation sites (N-methyl/N-ethyl adjacent to an activating group) is 1. The number of nitrogens with one attached hydrogen (secondary N) is 3. The number of ether oxygens (including phenoxy) is 1. The fourth-order valence-electron chi connectivity index (χ4n) is 4.73. The normalized spacial score (nSPS) is 15.8. The third-order valence-electron chi connectivity index (χ3n) is 6.72. The highest BCUT2D eigenvalue weighted by Crippen LogP contribution is 2.41. The molecule has 0 saturated carbocycles. The molecule has 0 aliphatic carbocycles. The Morgan fingerprint density at radius 3 is 2.86 bits per heavy atom. The van der Waals surface area contributed by atoms with Gasteiger partial charge in [0.25, 0.3) is 0 Å². The van der Waals surface area contributed by atoms with E-state index in [0.717, 1.165) is 52.9 Å². The molecule has 5 N–H and O–H groups in total. The molecule has 1 aliphatic rings. The van der Waals surface area contributed by atoms with E-state index in [4.69, 9.17) is 15.5 Å². The SMILES string of the molecule is CN[C@@H]1CCN(c2cc3c(Nc4ccn(C)n4)cnc(N)c3c(Oc3c(C)ccc4[nH]ncc34)n2)C1. The lowest BCUT2D eigenvalue weighted by molar-refractivity contribution is 0.471. The van der Waals surface area contributed by atoms with Crippen LogP contribution < -0.4 is 26.0 Å². The van der Waals surface area contributed by atoms with Crippen LogP contribution >= 0.6 is 0 Å². The van der Waals surface area contributed by atoms with Crippen molar-refractivity contribution in [2.24, 2.45) is 7.05 Å². The predicted octanol–water partition coefficient (Wildman–Crippen LogP) is 3.46. The highest BCUT2D eigenvalue weighted by molar-refractivity contribution is 6.04. The molecule has 0 spiro atoms. The molecule has 6 rings (SSSR count). The first kappa shape index (κ1) is 22.1. The highest BCUT2D eigenvalue weighted by atomic mass is 16.5. The number of benzene rings is 1. The molecule has 1 aliphatic heterocycles. The number of H-pyrrole nitrogens is 1. The number of hydrogen-bond donors (Lipinski definition) is 4. The van der Waals surface area contributed by atoms with Crippen molar-refractivity contribution in [3.05, 3.63) is 48.4 Å². The van der Waals surface area contributed by atoms with Gasteiger partial charge < -0.3 is 26.0 Å². The fourth-order valence-corrected chi connectivity index (χ4v) is 4.73. The second-order valence-electron chi connectivity index (χ2n) is 9.13. The van der Waals surface area contributed by atoms with E-state index in [2.05, 4.69) is 41.9 Å². The second-order valence-corrected chi connectivity index (χ2v) is 9.13. The summed E-state index contributed by atoms with van der Waals surface area (Å²) in [5.41, 5.74) is 9.06. The monoisotopic (exact) mass is 484 g/mol. The van der Waals surface area contributed by atoms with E-state index < -0.39 is 0 Å². The number of aromatic amines is 1. The Morgan fingerprint density at radius 2 is 2.08 bits per heavy atom. The van der Waals surface area contributed by atoms with Crippen LogP contribution in [0.25, 0.3) is 21.7 Å². The van der Waals surface area contributed by atoms with Crippen molar-refractivity contribution < 1.29 is 4.74 Å². The Morgan fingerprint density at radius 1 is 1.19 bits per heavy atom. The fraction of sp³-hybridized carbons (Fsp3) is 0.280. The van der Waals surface area contributed by atoms with Crippen molar-refractivity contribution in [3.63, 3.8) is 0 Å². The number of fused-ring (bicyclic) bond motifs is 2. The zero-order valence-electron chi connectivity index (χ0n) is 20.4. The van der Waals surface area contributed by atoms with Crippen LogP contribution in [-0.4, -0.2) is 56.1 Å². The summed E-state index contributed by atoms with van der Waals surface area (Å²) in [6, 6.07) is 8.34. The van der Waals surface area contributed by atoms with Crippen LogP contribution in [-0.2, 0) is 7.05 Å². The van der Waals surface area contributed by atoms with Crippen LogP contribution in [0.2, 0.25) is 0 Å². The maximum atomic E-state index is 6.56. The maximum Gasteiger partial charge on any atom is 0.232 e. The molecule has 11 heteroatoms. The Kier molecular flexibility index (Phi) is 5.33. The van der Waals surface area contributed by atoms with Crippen LogP contribution in [0.3, 0.4) is 0 Å². The largest absolute Gasteiger partial charge is 0.437 e. The van der Waals surface area contributed by atoms with E-state index in [9.17, 15) is 0 Å². The maximum absolute atomic E-state index is 6.56. The highest BCUT2D eigenvalue weighted by Gasteiger charge is 2.25. The third kappa shape index (κ3) is 3.83. The zero-order chi connectivity index (χ0) is 24.8. The minimum Gasteiger partial charge on any atom is -0.437 e. The number of nitrogen functional groups attached to an aromatic ring is 1. The third-order valence-corrected chi connectivity index (χ3v) is 6.72. The number of anilines is 4. The molecule has 184 valence electrons. The first-order valence-corrected chi connectivity index (χ1v) is 11.9. The van der Waals surface area contributed by atoms with E-state index in [1.165, 1.54) is 0 Å². The number of aromatic nitrogens is 6. The standard InChI is InChI=1S/C25H28N10O/c1-14-4-5-18-17(11-29-32-18)23(14)36-25-22-16(10-21(31-25)35-9-6-15(13-35)27-2)19(12-28-24(22)26)30-20-7-8-34(3)33-20/h4-5,7-8,10-12,15,27H,6,9,13H2,1-3H3,(H2,26,28)(H,29,32)(H,30,33)/t15-/m1/s1. The summed E-state index contributed by atoms with van der Waals surface area (Å²) in [6.45, 7) is 3.75. The van der Waals surface area contributed by atoms with Crippen LogP contribution in [0, 0.1) is 6.92 Å². The van der Waals surface area contributed by atoms with Gasteiger partial charge in [-0.1, -0.05) is 6.07 Å². The van der Waals surface area contributed by atoms with E-state index >= 15 is 0 Å². The van der Waals surface area contributed by atoms with Crippen LogP contribution in [0.15, 0.2) is 42.9 Å². The molecular weight excluding hydrogens is 456 g/mol. The van der Waals surface area contributed by atoms with Crippen molar-refractivity contribution in [3.8, 4) is 11.6 Å². The molecule has 0 unspecified atom stereocenters. The van der Waals surface area contributed by atoms with E-state index in [-0.39, 0.29) is 0 Å². The van der Waals surface area contributed by atoms with Gasteiger partial charge in [-0.3, -0.25) is 9.78 Å². The lowest BCUT2D eigenvalue weighted by Gasteiger charge is -2.21. The second kappa shape index (κ2) is 8.68. The topological polar surface area (TPSA) is 135 Å². The van der Waals surface area contributed by atoms with Crippen LogP contribution in [0.5, 0.6) is 11.6 Å². The molecule has 4 aromatic heterocycles. The molecule has 0 bridgehead atoms. The Hall–Kier alpha value is -4.38. The molecule has 0 amide bonds. The predicted molar refractivity (Wildman–Crippen MR) is 141 cm³/mol. The molecule has 0 radical (unpaired) electrons. The van der Waals surface area contributed by atoms with Gasteiger partial charge in [-0.2, -0.15) is 15.2 Å². The lowest BCUT2D eigenvalue weighted by Crippen LogP contribution is -2.29. The smallest absolute Gasteiger partial charge is 0.232 e. The number of nitrogens with two attached hydrogens (primary N) is 1. The molecule has 5 heterocycles. The van der Waals surface area contributed by atoms with Gasteiger partial charge in [-0.15, -0.1) is 0 Å². The molecule has 36 heavy (non-hydrogen) atoms. The van der Waals surface area contributed by atoms with E-state index in [1.807, 2.05) is 45.4 Å². The molecular formula is C25H28N10O. The molecule has 11 nitrogen and oxygen atoms in total. The van der Waals surface area contributed by atoms with Gasteiger partial charge in [-0.05, 0) is 38.1 Å². The van der Waals surface area contributed by atoms with Crippen molar-refractivity contribution in [2.45, 2.75) is 19.4 Å². The van der Waals surface area contributed by atoms with Crippen LogP contribution in [0.1, 0.15) is 12.0 Å². The van der Waals surface area contributed by atoms with Crippen molar-refractivity contribution in [2.75, 3.05) is 36.1 Å². The van der Waals surface area contributed by atoms with Gasteiger partial charge in [0.05, 0.1) is 34.4 Å². The van der Waals surface area contributed by atoms with Crippen LogP contribution in [0.4, 0.5) is 23.1 Å². The number of hydrogen-bond acceptors (Lipinski definition) is 9. The quantitative estimate of drug-likeness (QED) is 0.286. The first-order chi connectivity index (χ1) is 17.5. The summed E-state index contributed by atoms with van der Waals surface area (Å²) < 4.78 is 8.30. The molecule has 1 aromatic carbocycles. The summed E-state index contributed by atoms with van der Waals surface area (Å²) in [5, 5.41) is 20.8. The number of pyridine rings is 2. The summed E-state index contributed by atoms with van der Waals surface area (Å²) in [4.78, 5) is 11.7. The minimum absolute atomic E-state index is 0.345. The van der Waals surface area contributed by atoms with Gasteiger partial charge in [0, 0.05) is 43.8 Å². The summed E-state index contributed by atoms with van der Waals surface area (Å²) in [6.07, 6.45) is 6.41. The first-order valence-electron chi connectivity index (χ1n) is 11.9. The molecule has 1 fully saturated rings. The Bertz CT molecular complexity index is 1570. The van der Waals surface area contributed by atoms with E-state index in [1.54, 1.807) is 17.1 Å². The Labute approximate surface area is 207 Å². The number of rotatable bonds is 6. The van der Waals surface area contributed by atoms with Gasteiger partial charge in [0.2, 0.25) is 5.88 Å². The molecule has 1 atom stereocenters. The van der Waals surface area contributed by atoms with Crippen molar-refractivity contribution in [1.82, 2.24) is 35.3 Å². The van der Waals surface area contributed by atoms with Gasteiger partial charge in [0.1, 0.15) is 17.4 Å². The van der Waals surface area contributed by atoms with Crippen molar-refractivity contribution >= 4 is 44.8 Å². The van der Waals surface area contributed by atoms with Gasteiger partial charge in [0.15, 0.2) is 5.82 Å².